The first kappa shape index (κ1) is 13.8. The van der Waals surface area contributed by atoms with E-state index in [0.717, 1.165) is 15.6 Å². The zero-order valence-electron chi connectivity index (χ0n) is 11.2. The smallest absolute Gasteiger partial charge is 0.261 e. The van der Waals surface area contributed by atoms with E-state index in [4.69, 9.17) is 5.73 Å². The second-order valence-electron chi connectivity index (χ2n) is 4.93. The van der Waals surface area contributed by atoms with Gasteiger partial charge in [0.25, 0.3) is 5.91 Å². The number of hydrogen-bond donors (Lipinski definition) is 1. The lowest BCUT2D eigenvalue weighted by molar-refractivity contribution is -0.128. The number of hydrogen-bond acceptors (Lipinski definition) is 3. The Balaban J connectivity index is 1.97. The summed E-state index contributed by atoms with van der Waals surface area (Å²) in [7, 11) is 0. The number of carbonyl (C=O) groups excluding carboxylic acids is 2. The Morgan fingerprint density at radius 2 is 1.86 bits per heavy atom. The van der Waals surface area contributed by atoms with Crippen LogP contribution in [0.1, 0.15) is 21.5 Å². The van der Waals surface area contributed by atoms with E-state index in [9.17, 15) is 9.59 Å². The van der Waals surface area contributed by atoms with Crippen LogP contribution in [0.5, 0.6) is 0 Å². The molecule has 2 aromatic carbocycles. The molecule has 0 bridgehead atoms. The number of nitrogen functional groups attached to an aromatic ring is 1. The molecule has 5 heteroatoms. The number of benzene rings is 2. The van der Waals surface area contributed by atoms with Crippen LogP contribution in [0.3, 0.4) is 0 Å². The molecule has 0 spiro atoms. The Kier molecular flexibility index (Phi) is 3.51. The van der Waals surface area contributed by atoms with Crippen molar-refractivity contribution in [3.63, 3.8) is 0 Å². The van der Waals surface area contributed by atoms with Gasteiger partial charge in [0, 0.05) is 21.3 Å². The molecular formula is C16H13BrN2O2. The molecule has 0 unspecified atom stereocenters. The van der Waals surface area contributed by atoms with E-state index >= 15 is 0 Å². The van der Waals surface area contributed by atoms with Crippen molar-refractivity contribution in [2.75, 3.05) is 5.73 Å². The maximum atomic E-state index is 12.5. The second-order valence-corrected chi connectivity index (χ2v) is 5.78. The Labute approximate surface area is 130 Å². The SMILES string of the molecule is Nc1cccc(Br)c1CN1C(=O)Cc2ccccc2C1=O. The lowest BCUT2D eigenvalue weighted by atomic mass is 9.98. The minimum absolute atomic E-state index is 0.180. The molecule has 0 saturated carbocycles. The lowest BCUT2D eigenvalue weighted by Gasteiger charge is -2.27. The standard InChI is InChI=1S/C16H13BrN2O2/c17-13-6-3-7-14(18)12(13)9-19-15(20)8-10-4-1-2-5-11(10)16(19)21/h1-7H,8-9,18H2. The molecule has 4 nitrogen and oxygen atoms in total. The Hall–Kier alpha value is -2.14. The van der Waals surface area contributed by atoms with Crippen molar-refractivity contribution in [3.05, 3.63) is 63.6 Å². The summed E-state index contributed by atoms with van der Waals surface area (Å²) in [6.07, 6.45) is 0.242. The minimum Gasteiger partial charge on any atom is -0.398 e. The molecule has 2 amide bonds. The fourth-order valence-electron chi connectivity index (χ4n) is 2.46. The summed E-state index contributed by atoms with van der Waals surface area (Å²) in [6.45, 7) is 0.180. The van der Waals surface area contributed by atoms with Gasteiger partial charge in [0.15, 0.2) is 0 Å². The van der Waals surface area contributed by atoms with E-state index in [1.54, 1.807) is 18.2 Å². The molecule has 0 atom stereocenters. The molecule has 0 aromatic heterocycles. The normalized spacial score (nSPS) is 14.2. The molecule has 0 saturated heterocycles. The highest BCUT2D eigenvalue weighted by Gasteiger charge is 2.31. The zero-order valence-corrected chi connectivity index (χ0v) is 12.8. The van der Waals surface area contributed by atoms with Crippen molar-refractivity contribution in [2.45, 2.75) is 13.0 Å². The molecule has 0 aliphatic carbocycles. The Morgan fingerprint density at radius 1 is 1.10 bits per heavy atom. The van der Waals surface area contributed by atoms with Crippen LogP contribution in [-0.4, -0.2) is 16.7 Å². The van der Waals surface area contributed by atoms with Crippen LogP contribution < -0.4 is 5.73 Å². The molecular weight excluding hydrogens is 332 g/mol. The number of fused-ring (bicyclic) bond motifs is 1. The van der Waals surface area contributed by atoms with Gasteiger partial charge in [-0.05, 0) is 23.8 Å². The highest BCUT2D eigenvalue weighted by Crippen LogP contribution is 2.27. The van der Waals surface area contributed by atoms with Crippen molar-refractivity contribution in [1.82, 2.24) is 4.90 Å². The maximum Gasteiger partial charge on any atom is 0.261 e. The quantitative estimate of drug-likeness (QED) is 0.672. The highest BCUT2D eigenvalue weighted by molar-refractivity contribution is 9.10. The zero-order chi connectivity index (χ0) is 15.0. The van der Waals surface area contributed by atoms with E-state index in [2.05, 4.69) is 15.9 Å². The van der Waals surface area contributed by atoms with Crippen LogP contribution in [0.4, 0.5) is 5.69 Å². The molecule has 0 fully saturated rings. The topological polar surface area (TPSA) is 63.4 Å². The van der Waals surface area contributed by atoms with Crippen molar-refractivity contribution < 1.29 is 9.59 Å². The highest BCUT2D eigenvalue weighted by atomic mass is 79.9. The van der Waals surface area contributed by atoms with E-state index in [1.807, 2.05) is 24.3 Å². The van der Waals surface area contributed by atoms with Gasteiger partial charge in [0.2, 0.25) is 5.91 Å². The van der Waals surface area contributed by atoms with Gasteiger partial charge in [-0.1, -0.05) is 40.2 Å². The number of nitrogens with zero attached hydrogens (tertiary/aromatic N) is 1. The maximum absolute atomic E-state index is 12.5. The van der Waals surface area contributed by atoms with Gasteiger partial charge in [0.05, 0.1) is 13.0 Å². The van der Waals surface area contributed by atoms with Gasteiger partial charge in [-0.15, -0.1) is 0 Å². The first-order valence-corrected chi connectivity index (χ1v) is 7.32. The monoisotopic (exact) mass is 344 g/mol. The Bertz CT molecular complexity index is 723. The fraction of sp³-hybridized carbons (Fsp3) is 0.125. The molecule has 2 aromatic rings. The molecule has 1 aliphatic heterocycles. The number of carbonyl (C=O) groups is 2. The van der Waals surface area contributed by atoms with E-state index in [1.165, 1.54) is 4.90 Å². The third-order valence-corrected chi connectivity index (χ3v) is 4.35. The van der Waals surface area contributed by atoms with E-state index in [-0.39, 0.29) is 24.8 Å². The Morgan fingerprint density at radius 3 is 2.62 bits per heavy atom. The molecule has 21 heavy (non-hydrogen) atoms. The predicted molar refractivity (Wildman–Crippen MR) is 83.6 cm³/mol. The summed E-state index contributed by atoms with van der Waals surface area (Å²) in [6, 6.07) is 12.6. The summed E-state index contributed by atoms with van der Waals surface area (Å²) >= 11 is 3.42. The fourth-order valence-corrected chi connectivity index (χ4v) is 2.97. The minimum atomic E-state index is -0.267. The molecule has 1 heterocycles. The van der Waals surface area contributed by atoms with Crippen LogP contribution in [0.25, 0.3) is 0 Å². The molecule has 3 rings (SSSR count). The summed E-state index contributed by atoms with van der Waals surface area (Å²) in [5.74, 6) is -0.467. The summed E-state index contributed by atoms with van der Waals surface area (Å²) in [4.78, 5) is 26.0. The van der Waals surface area contributed by atoms with Crippen LogP contribution in [0, 0.1) is 0 Å². The van der Waals surface area contributed by atoms with E-state index in [0.29, 0.717) is 11.3 Å². The molecule has 106 valence electrons. The predicted octanol–water partition coefficient (Wildman–Crippen LogP) is 2.76. The van der Waals surface area contributed by atoms with Gasteiger partial charge in [-0.25, -0.2) is 0 Å². The third-order valence-electron chi connectivity index (χ3n) is 3.61. The van der Waals surface area contributed by atoms with Gasteiger partial charge in [-0.2, -0.15) is 0 Å². The third kappa shape index (κ3) is 2.45. The number of halogens is 1. The summed E-state index contributed by atoms with van der Waals surface area (Å²) in [5, 5.41) is 0. The first-order valence-electron chi connectivity index (χ1n) is 6.53. The van der Waals surface area contributed by atoms with Crippen molar-refractivity contribution >= 4 is 33.4 Å². The van der Waals surface area contributed by atoms with Gasteiger partial charge >= 0.3 is 0 Å². The lowest BCUT2D eigenvalue weighted by Crippen LogP contribution is -2.41. The number of amides is 2. The summed E-state index contributed by atoms with van der Waals surface area (Å²) < 4.78 is 0.793. The van der Waals surface area contributed by atoms with Gasteiger partial charge in [0.1, 0.15) is 0 Å². The van der Waals surface area contributed by atoms with Gasteiger partial charge < -0.3 is 5.73 Å². The van der Waals surface area contributed by atoms with Crippen LogP contribution in [0.2, 0.25) is 0 Å². The van der Waals surface area contributed by atoms with Crippen molar-refractivity contribution in [2.24, 2.45) is 0 Å². The first-order chi connectivity index (χ1) is 10.1. The number of nitrogens with two attached hydrogens (primary N) is 1. The van der Waals surface area contributed by atoms with Crippen molar-refractivity contribution in [3.8, 4) is 0 Å². The van der Waals surface area contributed by atoms with Crippen molar-refractivity contribution in [1.29, 1.82) is 0 Å². The number of rotatable bonds is 2. The van der Waals surface area contributed by atoms with Crippen LogP contribution >= 0.6 is 15.9 Å². The molecule has 0 radical (unpaired) electrons. The number of imide groups is 1. The van der Waals surface area contributed by atoms with Gasteiger partial charge in [-0.3, -0.25) is 14.5 Å². The largest absolute Gasteiger partial charge is 0.398 e. The average Bonchev–Trinajstić information content (AvgIpc) is 2.46. The molecule has 1 aliphatic rings. The number of anilines is 1. The summed E-state index contributed by atoms with van der Waals surface area (Å²) in [5.41, 5.74) is 8.62. The molecule has 2 N–H and O–H groups in total. The second kappa shape index (κ2) is 5.33. The van der Waals surface area contributed by atoms with E-state index < -0.39 is 0 Å². The van der Waals surface area contributed by atoms with Crippen LogP contribution in [0.15, 0.2) is 46.9 Å². The average molecular weight is 345 g/mol. The van der Waals surface area contributed by atoms with Crippen LogP contribution in [-0.2, 0) is 17.8 Å².